The summed E-state index contributed by atoms with van der Waals surface area (Å²) in [5.41, 5.74) is 5.81. The number of terminal acetylenes is 1. The third-order valence-electron chi connectivity index (χ3n) is 1.97. The first kappa shape index (κ1) is 10.9. The number of rotatable bonds is 2. The predicted molar refractivity (Wildman–Crippen MR) is 58.3 cm³/mol. The Hall–Kier alpha value is -2.15. The average molecular weight is 204 g/mol. The van der Waals surface area contributed by atoms with Crippen LogP contribution in [0.25, 0.3) is 0 Å². The lowest BCUT2D eigenvalue weighted by Gasteiger charge is -2.15. The van der Waals surface area contributed by atoms with Crippen LogP contribution >= 0.6 is 0 Å². The number of para-hydroxylation sites is 1. The second-order valence-electron chi connectivity index (χ2n) is 3.11. The zero-order chi connectivity index (χ0) is 11.4. The summed E-state index contributed by atoms with van der Waals surface area (Å²) in [6.45, 7) is 0.188. The number of hydrogen-bond acceptors (Lipinski definition) is 3. The summed E-state index contributed by atoms with van der Waals surface area (Å²) >= 11 is 0. The van der Waals surface area contributed by atoms with E-state index in [1.165, 1.54) is 17.0 Å². The summed E-state index contributed by atoms with van der Waals surface area (Å²) in [5.74, 6) is 1.79. The van der Waals surface area contributed by atoms with Gasteiger partial charge in [-0.05, 0) is 12.1 Å². The van der Waals surface area contributed by atoms with E-state index in [9.17, 15) is 9.90 Å². The van der Waals surface area contributed by atoms with Crippen molar-refractivity contribution in [2.24, 2.45) is 0 Å². The number of amides is 1. The van der Waals surface area contributed by atoms with Crippen LogP contribution in [0.5, 0.6) is 5.75 Å². The molecule has 0 aliphatic carbocycles. The van der Waals surface area contributed by atoms with Crippen LogP contribution < -0.4 is 5.73 Å². The molecule has 0 aromatic heterocycles. The third-order valence-corrected chi connectivity index (χ3v) is 1.97. The minimum absolute atomic E-state index is 0.160. The molecule has 0 bridgehead atoms. The van der Waals surface area contributed by atoms with Crippen molar-refractivity contribution in [1.82, 2.24) is 4.90 Å². The van der Waals surface area contributed by atoms with Gasteiger partial charge < -0.3 is 15.7 Å². The molecular formula is C11H12N2O2. The van der Waals surface area contributed by atoms with Crippen LogP contribution in [0, 0.1) is 12.3 Å². The van der Waals surface area contributed by atoms with Crippen LogP contribution in [0.15, 0.2) is 18.2 Å². The molecule has 1 rings (SSSR count). The first-order valence-electron chi connectivity index (χ1n) is 4.34. The molecule has 3 N–H and O–H groups in total. The molecule has 0 saturated carbocycles. The Kier molecular flexibility index (Phi) is 3.19. The van der Waals surface area contributed by atoms with E-state index >= 15 is 0 Å². The smallest absolute Gasteiger partial charge is 0.258 e. The van der Waals surface area contributed by atoms with E-state index < -0.39 is 0 Å². The second-order valence-corrected chi connectivity index (χ2v) is 3.11. The van der Waals surface area contributed by atoms with E-state index in [4.69, 9.17) is 12.2 Å². The quantitative estimate of drug-likeness (QED) is 0.423. The molecule has 1 amide bonds. The van der Waals surface area contributed by atoms with Gasteiger partial charge in [0.05, 0.1) is 17.8 Å². The molecule has 4 nitrogen and oxygen atoms in total. The lowest BCUT2D eigenvalue weighted by atomic mass is 10.1. The third kappa shape index (κ3) is 2.20. The lowest BCUT2D eigenvalue weighted by molar-refractivity contribution is 0.0809. The molecule has 0 radical (unpaired) electrons. The average Bonchev–Trinajstić information content (AvgIpc) is 2.21. The first-order chi connectivity index (χ1) is 7.07. The van der Waals surface area contributed by atoms with E-state index in [1.807, 2.05) is 0 Å². The lowest BCUT2D eigenvalue weighted by Crippen LogP contribution is -2.27. The number of phenols is 1. The fourth-order valence-electron chi connectivity index (χ4n) is 1.15. The van der Waals surface area contributed by atoms with Crippen molar-refractivity contribution in [3.05, 3.63) is 23.8 Å². The number of nitrogen functional groups attached to an aromatic ring is 1. The molecule has 0 aliphatic heterocycles. The second kappa shape index (κ2) is 4.38. The molecule has 0 atom stereocenters. The highest BCUT2D eigenvalue weighted by atomic mass is 16.3. The number of aromatic hydroxyl groups is 1. The van der Waals surface area contributed by atoms with Gasteiger partial charge >= 0.3 is 0 Å². The van der Waals surface area contributed by atoms with Gasteiger partial charge in [0.25, 0.3) is 5.91 Å². The predicted octanol–water partition coefficient (Wildman–Crippen LogP) is 0.680. The van der Waals surface area contributed by atoms with Crippen LogP contribution in [0.4, 0.5) is 5.69 Å². The molecule has 0 spiro atoms. The maximum atomic E-state index is 11.7. The molecule has 1 aromatic rings. The van der Waals surface area contributed by atoms with Gasteiger partial charge in [0.1, 0.15) is 0 Å². The molecule has 0 fully saturated rings. The van der Waals surface area contributed by atoms with Gasteiger partial charge in [-0.15, -0.1) is 6.42 Å². The maximum Gasteiger partial charge on any atom is 0.258 e. The molecule has 4 heteroatoms. The van der Waals surface area contributed by atoms with Crippen molar-refractivity contribution in [2.45, 2.75) is 0 Å². The number of nitrogens with zero attached hydrogens (tertiary/aromatic N) is 1. The molecule has 1 aromatic carbocycles. The summed E-state index contributed by atoms with van der Waals surface area (Å²) in [6, 6.07) is 4.63. The van der Waals surface area contributed by atoms with E-state index in [0.29, 0.717) is 0 Å². The zero-order valence-electron chi connectivity index (χ0n) is 8.40. The first-order valence-corrected chi connectivity index (χ1v) is 4.34. The minimum Gasteiger partial charge on any atom is -0.505 e. The van der Waals surface area contributed by atoms with Crippen molar-refractivity contribution in [2.75, 3.05) is 19.3 Å². The van der Waals surface area contributed by atoms with Gasteiger partial charge in [0.15, 0.2) is 5.75 Å². The Morgan fingerprint density at radius 3 is 2.93 bits per heavy atom. The SMILES string of the molecule is C#CCN(C)C(=O)c1cccc(N)c1O. The van der Waals surface area contributed by atoms with Crippen LogP contribution in [-0.2, 0) is 0 Å². The van der Waals surface area contributed by atoms with E-state index in [-0.39, 0.29) is 29.5 Å². The fourth-order valence-corrected chi connectivity index (χ4v) is 1.15. The van der Waals surface area contributed by atoms with Gasteiger partial charge in [0, 0.05) is 7.05 Å². The van der Waals surface area contributed by atoms with Gasteiger partial charge in [-0.1, -0.05) is 12.0 Å². The van der Waals surface area contributed by atoms with Crippen molar-refractivity contribution in [3.63, 3.8) is 0 Å². The monoisotopic (exact) mass is 204 g/mol. The molecule has 15 heavy (non-hydrogen) atoms. The van der Waals surface area contributed by atoms with Gasteiger partial charge in [-0.2, -0.15) is 0 Å². The number of benzene rings is 1. The summed E-state index contributed by atoms with van der Waals surface area (Å²) in [5, 5.41) is 9.56. The van der Waals surface area contributed by atoms with E-state index in [1.54, 1.807) is 13.1 Å². The van der Waals surface area contributed by atoms with Crippen LogP contribution in [0.2, 0.25) is 0 Å². The molecular weight excluding hydrogens is 192 g/mol. The number of nitrogens with two attached hydrogens (primary N) is 1. The van der Waals surface area contributed by atoms with Gasteiger partial charge in [0.2, 0.25) is 0 Å². The highest BCUT2D eigenvalue weighted by Gasteiger charge is 2.15. The van der Waals surface area contributed by atoms with Crippen LogP contribution in [0.3, 0.4) is 0 Å². The Morgan fingerprint density at radius 2 is 2.33 bits per heavy atom. The maximum absolute atomic E-state index is 11.7. The zero-order valence-corrected chi connectivity index (χ0v) is 8.40. The molecule has 0 heterocycles. The summed E-state index contributed by atoms with van der Waals surface area (Å²) < 4.78 is 0. The highest BCUT2D eigenvalue weighted by molar-refractivity contribution is 5.98. The Morgan fingerprint density at radius 1 is 1.67 bits per heavy atom. The largest absolute Gasteiger partial charge is 0.505 e. The van der Waals surface area contributed by atoms with Gasteiger partial charge in [-0.3, -0.25) is 4.79 Å². The molecule has 78 valence electrons. The summed E-state index contributed by atoms with van der Waals surface area (Å²) in [4.78, 5) is 13.1. The van der Waals surface area contributed by atoms with Crippen LogP contribution in [-0.4, -0.2) is 29.5 Å². The standard InChI is InChI=1S/C11H12N2O2/c1-3-7-13(2)11(15)8-5-4-6-9(12)10(8)14/h1,4-6,14H,7,12H2,2H3. The van der Waals surface area contributed by atoms with E-state index in [2.05, 4.69) is 5.92 Å². The van der Waals surface area contributed by atoms with Crippen molar-refractivity contribution in [1.29, 1.82) is 0 Å². The van der Waals surface area contributed by atoms with Crippen molar-refractivity contribution >= 4 is 11.6 Å². The fraction of sp³-hybridized carbons (Fsp3) is 0.182. The van der Waals surface area contributed by atoms with Crippen molar-refractivity contribution in [3.8, 4) is 18.1 Å². The van der Waals surface area contributed by atoms with E-state index in [0.717, 1.165) is 0 Å². The topological polar surface area (TPSA) is 66.6 Å². The normalized spacial score (nSPS) is 9.33. The number of phenolic OH excluding ortho intramolecular Hbond substituents is 1. The number of carbonyl (C=O) groups excluding carboxylic acids is 1. The van der Waals surface area contributed by atoms with Crippen molar-refractivity contribution < 1.29 is 9.90 Å². The highest BCUT2D eigenvalue weighted by Crippen LogP contribution is 2.25. The number of hydrogen-bond donors (Lipinski definition) is 2. The number of carbonyl (C=O) groups is 1. The molecule has 0 unspecified atom stereocenters. The Balaban J connectivity index is 3.02. The summed E-state index contributed by atoms with van der Waals surface area (Å²) in [6.07, 6.45) is 5.08. The van der Waals surface area contributed by atoms with Crippen LogP contribution in [0.1, 0.15) is 10.4 Å². The number of anilines is 1. The molecule has 0 aliphatic rings. The Bertz CT molecular complexity index is 421. The minimum atomic E-state index is -0.349. The summed E-state index contributed by atoms with van der Waals surface area (Å²) in [7, 11) is 1.56. The van der Waals surface area contributed by atoms with Gasteiger partial charge in [-0.25, -0.2) is 0 Å². The Labute approximate surface area is 88.3 Å². The molecule has 0 saturated heterocycles.